The maximum Gasteiger partial charge on any atom is 0.317 e. The van der Waals surface area contributed by atoms with Crippen molar-refractivity contribution < 1.29 is 14.7 Å². The fourth-order valence-electron chi connectivity index (χ4n) is 2.70. The topological polar surface area (TPSA) is 69.6 Å². The Kier molecular flexibility index (Phi) is 7.41. The molecule has 1 aliphatic heterocycles. The van der Waals surface area contributed by atoms with Gasteiger partial charge in [-0.05, 0) is 32.1 Å². The van der Waals surface area contributed by atoms with E-state index in [1.54, 1.807) is 6.92 Å². The van der Waals surface area contributed by atoms with E-state index in [0.29, 0.717) is 25.4 Å². The molecule has 2 N–H and O–H groups in total. The minimum atomic E-state index is -0.769. The van der Waals surface area contributed by atoms with Gasteiger partial charge in [-0.25, -0.2) is 4.79 Å². The highest BCUT2D eigenvalue weighted by Gasteiger charge is 2.23. The van der Waals surface area contributed by atoms with Crippen LogP contribution in [0.4, 0.5) is 4.79 Å². The van der Waals surface area contributed by atoms with Crippen molar-refractivity contribution in [1.29, 1.82) is 0 Å². The van der Waals surface area contributed by atoms with Crippen LogP contribution in [0.3, 0.4) is 0 Å². The summed E-state index contributed by atoms with van der Waals surface area (Å²) < 4.78 is 0. The summed E-state index contributed by atoms with van der Waals surface area (Å²) in [6.07, 6.45) is 6.91. The first-order valence-electron chi connectivity index (χ1n) is 7.83. The molecule has 1 heterocycles. The molecule has 5 nitrogen and oxygen atoms in total. The lowest BCUT2D eigenvalue weighted by Gasteiger charge is -2.29. The normalized spacial score (nSPS) is 21.1. The Balaban J connectivity index is 2.31. The molecular weight excluding hydrogens is 256 g/mol. The molecule has 1 aliphatic rings. The number of nitrogens with zero attached hydrogens (tertiary/aromatic N) is 1. The van der Waals surface area contributed by atoms with E-state index in [0.717, 1.165) is 25.8 Å². The second-order valence-corrected chi connectivity index (χ2v) is 5.72. The standard InChI is InChI=1S/C15H28N2O3/c1-3-13-9-5-4-6-11-17(13)15(20)16-10-7-8-12(2)14(18)19/h12-13H,3-11H2,1-2H3,(H,16,20)(H,18,19). The van der Waals surface area contributed by atoms with Crippen molar-refractivity contribution in [2.45, 2.75) is 64.8 Å². The van der Waals surface area contributed by atoms with Gasteiger partial charge in [-0.2, -0.15) is 0 Å². The molecule has 5 heteroatoms. The highest BCUT2D eigenvalue weighted by molar-refractivity contribution is 5.74. The third-order valence-corrected chi connectivity index (χ3v) is 4.12. The van der Waals surface area contributed by atoms with Crippen LogP contribution >= 0.6 is 0 Å². The molecule has 0 radical (unpaired) electrons. The molecular formula is C15H28N2O3. The molecule has 2 unspecified atom stereocenters. The Morgan fingerprint density at radius 1 is 1.35 bits per heavy atom. The van der Waals surface area contributed by atoms with Crippen LogP contribution in [0.1, 0.15) is 58.8 Å². The van der Waals surface area contributed by atoms with Gasteiger partial charge in [0.15, 0.2) is 0 Å². The molecule has 0 aromatic heterocycles. The average molecular weight is 284 g/mol. The predicted molar refractivity (Wildman–Crippen MR) is 78.7 cm³/mol. The van der Waals surface area contributed by atoms with Gasteiger partial charge in [0.05, 0.1) is 5.92 Å². The van der Waals surface area contributed by atoms with Gasteiger partial charge in [-0.1, -0.05) is 26.7 Å². The summed E-state index contributed by atoms with van der Waals surface area (Å²) in [7, 11) is 0. The largest absolute Gasteiger partial charge is 0.481 e. The summed E-state index contributed by atoms with van der Waals surface area (Å²) in [5.41, 5.74) is 0. The fourth-order valence-corrected chi connectivity index (χ4v) is 2.70. The van der Waals surface area contributed by atoms with Crippen LogP contribution in [0.15, 0.2) is 0 Å². The maximum absolute atomic E-state index is 12.2. The first-order valence-corrected chi connectivity index (χ1v) is 7.83. The Morgan fingerprint density at radius 2 is 2.10 bits per heavy atom. The highest BCUT2D eigenvalue weighted by atomic mass is 16.4. The van der Waals surface area contributed by atoms with Crippen molar-refractivity contribution in [2.24, 2.45) is 5.92 Å². The van der Waals surface area contributed by atoms with E-state index in [2.05, 4.69) is 12.2 Å². The number of likely N-dealkylation sites (tertiary alicyclic amines) is 1. The zero-order valence-electron chi connectivity index (χ0n) is 12.7. The van der Waals surface area contributed by atoms with Crippen molar-refractivity contribution in [3.63, 3.8) is 0 Å². The van der Waals surface area contributed by atoms with Crippen LogP contribution in [0.2, 0.25) is 0 Å². The molecule has 0 aromatic rings. The van der Waals surface area contributed by atoms with E-state index in [1.165, 1.54) is 12.8 Å². The number of rotatable bonds is 6. The summed E-state index contributed by atoms with van der Waals surface area (Å²) in [6.45, 7) is 5.23. The third-order valence-electron chi connectivity index (χ3n) is 4.12. The Morgan fingerprint density at radius 3 is 2.75 bits per heavy atom. The van der Waals surface area contributed by atoms with E-state index < -0.39 is 5.97 Å². The molecule has 0 aliphatic carbocycles. The SMILES string of the molecule is CCC1CCCCCN1C(=O)NCCCC(C)C(=O)O. The molecule has 1 saturated heterocycles. The first-order chi connectivity index (χ1) is 9.56. The Bertz CT molecular complexity index is 320. The van der Waals surface area contributed by atoms with E-state index in [9.17, 15) is 9.59 Å². The van der Waals surface area contributed by atoms with Crippen LogP contribution in [0.25, 0.3) is 0 Å². The van der Waals surface area contributed by atoms with Crippen molar-refractivity contribution in [1.82, 2.24) is 10.2 Å². The van der Waals surface area contributed by atoms with E-state index >= 15 is 0 Å². The van der Waals surface area contributed by atoms with Gasteiger partial charge in [0.2, 0.25) is 0 Å². The maximum atomic E-state index is 12.2. The molecule has 0 saturated carbocycles. The van der Waals surface area contributed by atoms with Crippen molar-refractivity contribution >= 4 is 12.0 Å². The molecule has 1 fully saturated rings. The van der Waals surface area contributed by atoms with Crippen LogP contribution in [-0.2, 0) is 4.79 Å². The average Bonchev–Trinajstić information content (AvgIpc) is 2.67. The molecule has 116 valence electrons. The lowest BCUT2D eigenvalue weighted by Crippen LogP contribution is -2.46. The third kappa shape index (κ3) is 5.39. The molecule has 20 heavy (non-hydrogen) atoms. The second kappa shape index (κ2) is 8.82. The number of hydrogen-bond donors (Lipinski definition) is 2. The van der Waals surface area contributed by atoms with E-state index in [-0.39, 0.29) is 11.9 Å². The van der Waals surface area contributed by atoms with Crippen LogP contribution in [0, 0.1) is 5.92 Å². The smallest absolute Gasteiger partial charge is 0.317 e. The molecule has 0 spiro atoms. The highest BCUT2D eigenvalue weighted by Crippen LogP contribution is 2.19. The minimum absolute atomic E-state index is 0.0155. The minimum Gasteiger partial charge on any atom is -0.481 e. The second-order valence-electron chi connectivity index (χ2n) is 5.72. The van der Waals surface area contributed by atoms with E-state index in [4.69, 9.17) is 5.11 Å². The molecule has 2 atom stereocenters. The van der Waals surface area contributed by atoms with E-state index in [1.807, 2.05) is 4.90 Å². The zero-order valence-corrected chi connectivity index (χ0v) is 12.7. The lowest BCUT2D eigenvalue weighted by atomic mass is 10.1. The van der Waals surface area contributed by atoms with Crippen LogP contribution in [-0.4, -0.2) is 41.1 Å². The monoisotopic (exact) mass is 284 g/mol. The van der Waals surface area contributed by atoms with Gasteiger partial charge in [0, 0.05) is 19.1 Å². The summed E-state index contributed by atoms with van der Waals surface area (Å²) >= 11 is 0. The number of nitrogens with one attached hydrogen (secondary N) is 1. The lowest BCUT2D eigenvalue weighted by molar-refractivity contribution is -0.141. The van der Waals surface area contributed by atoms with Gasteiger partial charge < -0.3 is 15.3 Å². The number of carboxylic acid groups (broad SMARTS) is 1. The number of hydrogen-bond acceptors (Lipinski definition) is 2. The predicted octanol–water partition coefficient (Wildman–Crippen LogP) is 2.85. The molecule has 2 amide bonds. The quantitative estimate of drug-likeness (QED) is 0.737. The number of urea groups is 1. The summed E-state index contributed by atoms with van der Waals surface area (Å²) in [4.78, 5) is 24.9. The number of carboxylic acids is 1. The molecule has 0 bridgehead atoms. The van der Waals surface area contributed by atoms with Crippen LogP contribution in [0.5, 0.6) is 0 Å². The number of aliphatic carboxylic acids is 1. The first kappa shape index (κ1) is 16.8. The van der Waals surface area contributed by atoms with Crippen molar-refractivity contribution in [3.8, 4) is 0 Å². The van der Waals surface area contributed by atoms with Gasteiger partial charge in [0.1, 0.15) is 0 Å². The van der Waals surface area contributed by atoms with Gasteiger partial charge >= 0.3 is 12.0 Å². The fraction of sp³-hybridized carbons (Fsp3) is 0.867. The number of carbonyl (C=O) groups is 2. The van der Waals surface area contributed by atoms with Crippen molar-refractivity contribution in [3.05, 3.63) is 0 Å². The van der Waals surface area contributed by atoms with Gasteiger partial charge in [-0.15, -0.1) is 0 Å². The number of amides is 2. The zero-order chi connectivity index (χ0) is 15.0. The van der Waals surface area contributed by atoms with Gasteiger partial charge in [-0.3, -0.25) is 4.79 Å². The van der Waals surface area contributed by atoms with Crippen LogP contribution < -0.4 is 5.32 Å². The Labute approximate surface area is 121 Å². The Hall–Kier alpha value is -1.26. The summed E-state index contributed by atoms with van der Waals surface area (Å²) in [5.74, 6) is -1.11. The summed E-state index contributed by atoms with van der Waals surface area (Å²) in [5, 5.41) is 11.7. The molecule has 0 aromatic carbocycles. The molecule has 1 rings (SSSR count). The van der Waals surface area contributed by atoms with Gasteiger partial charge in [0.25, 0.3) is 0 Å². The summed E-state index contributed by atoms with van der Waals surface area (Å²) in [6, 6.07) is 0.372. The van der Waals surface area contributed by atoms with Crippen molar-refractivity contribution in [2.75, 3.05) is 13.1 Å². The number of carbonyl (C=O) groups excluding carboxylic acids is 1.